The van der Waals surface area contributed by atoms with E-state index in [-0.39, 0.29) is 11.4 Å². The van der Waals surface area contributed by atoms with E-state index < -0.39 is 5.82 Å². The molecule has 0 aliphatic carbocycles. The molecule has 1 N–H and O–H groups in total. The highest BCUT2D eigenvalue weighted by atomic mass is 35.5. The fourth-order valence-corrected chi connectivity index (χ4v) is 5.52. The summed E-state index contributed by atoms with van der Waals surface area (Å²) >= 11 is 6.57. The molecule has 0 atom stereocenters. The average Bonchev–Trinajstić information content (AvgIpc) is 3.46. The first-order valence-corrected chi connectivity index (χ1v) is 13.1. The highest BCUT2D eigenvalue weighted by Crippen LogP contribution is 2.43. The lowest BCUT2D eigenvalue weighted by Gasteiger charge is -2.34. The molecule has 0 unspecified atom stereocenters. The Morgan fingerprint density at radius 1 is 0.897 bits per heavy atom. The van der Waals surface area contributed by atoms with Crippen LogP contribution in [0.4, 0.5) is 10.1 Å². The number of aromatic hydroxyl groups is 1. The molecule has 3 aromatic carbocycles. The molecule has 0 bridgehead atoms. The maximum absolute atomic E-state index is 15.1. The summed E-state index contributed by atoms with van der Waals surface area (Å²) in [5.74, 6) is -0.536. The van der Waals surface area contributed by atoms with Gasteiger partial charge in [-0.2, -0.15) is 5.10 Å². The number of rotatable bonds is 4. The number of hydrogen-bond acceptors (Lipinski definition) is 5. The smallest absolute Gasteiger partial charge is 0.332 e. The van der Waals surface area contributed by atoms with E-state index in [0.717, 1.165) is 42.8 Å². The van der Waals surface area contributed by atoms with Gasteiger partial charge in [0.15, 0.2) is 0 Å². The van der Waals surface area contributed by atoms with E-state index in [1.54, 1.807) is 42.3 Å². The zero-order valence-electron chi connectivity index (χ0n) is 21.9. The molecule has 5 aromatic rings. The van der Waals surface area contributed by atoms with Crippen LogP contribution in [0.15, 0.2) is 65.8 Å². The van der Waals surface area contributed by atoms with E-state index in [9.17, 15) is 9.90 Å². The van der Waals surface area contributed by atoms with Crippen molar-refractivity contribution in [2.75, 3.05) is 38.1 Å². The lowest BCUT2D eigenvalue weighted by Crippen LogP contribution is -2.44. The minimum atomic E-state index is -0.483. The van der Waals surface area contributed by atoms with Gasteiger partial charge in [0, 0.05) is 74.9 Å². The number of hydrogen-bond donors (Lipinski definition) is 1. The number of fused-ring (bicyclic) bond motifs is 1. The number of aromatic nitrogens is 4. The molecule has 10 heteroatoms. The van der Waals surface area contributed by atoms with Gasteiger partial charge in [0.05, 0.1) is 22.4 Å². The Bertz CT molecular complexity index is 1780. The van der Waals surface area contributed by atoms with Crippen molar-refractivity contribution >= 4 is 28.2 Å². The Morgan fingerprint density at radius 3 is 2.28 bits per heavy atom. The molecular formula is C29H28ClFN6O2. The van der Waals surface area contributed by atoms with Crippen molar-refractivity contribution in [3.05, 3.63) is 82.4 Å². The summed E-state index contributed by atoms with van der Waals surface area (Å²) in [5, 5.41) is 17.2. The fraction of sp³-hybridized carbons (Fsp3) is 0.241. The van der Waals surface area contributed by atoms with E-state index in [1.807, 2.05) is 25.4 Å². The summed E-state index contributed by atoms with van der Waals surface area (Å²) in [4.78, 5) is 17.0. The van der Waals surface area contributed by atoms with E-state index in [1.165, 1.54) is 21.3 Å². The van der Waals surface area contributed by atoms with Crippen LogP contribution in [0.25, 0.3) is 38.8 Å². The van der Waals surface area contributed by atoms with Crippen LogP contribution in [0.1, 0.15) is 0 Å². The van der Waals surface area contributed by atoms with Gasteiger partial charge in [0.1, 0.15) is 11.6 Å². The Kier molecular flexibility index (Phi) is 6.20. The number of piperazine rings is 1. The van der Waals surface area contributed by atoms with E-state index in [4.69, 9.17) is 11.6 Å². The summed E-state index contributed by atoms with van der Waals surface area (Å²) in [6.45, 7) is 3.60. The maximum Gasteiger partial charge on any atom is 0.332 e. The minimum Gasteiger partial charge on any atom is -0.507 e. The second kappa shape index (κ2) is 9.59. The summed E-state index contributed by atoms with van der Waals surface area (Å²) < 4.78 is 19.8. The van der Waals surface area contributed by atoms with Gasteiger partial charge in [0.2, 0.25) is 0 Å². The zero-order valence-corrected chi connectivity index (χ0v) is 22.7. The number of anilines is 1. The molecule has 200 valence electrons. The molecule has 8 nitrogen and oxygen atoms in total. The normalized spacial score (nSPS) is 14.4. The molecule has 1 aliphatic rings. The third-order valence-corrected chi connectivity index (χ3v) is 7.84. The van der Waals surface area contributed by atoms with Crippen LogP contribution < -0.4 is 10.6 Å². The van der Waals surface area contributed by atoms with Crippen molar-refractivity contribution < 1.29 is 9.50 Å². The number of nitrogens with zero attached hydrogens (tertiary/aromatic N) is 6. The van der Waals surface area contributed by atoms with Crippen LogP contribution in [0.5, 0.6) is 5.75 Å². The standard InChI is InChI=1S/C29H28ClFN6O2/c1-33-6-9-36(10-7-33)27-14-19(13-26-23(27)17-32-35(26)3)22-16-20(31)15-21(28(22)38)18-4-5-25(24(30)12-18)37-11-8-34(2)29(37)39/h4-5,8,11-17,38H,6-7,9-10H2,1-3H3. The molecule has 1 saturated heterocycles. The molecule has 1 fully saturated rings. The Labute approximate surface area is 229 Å². The predicted molar refractivity (Wildman–Crippen MR) is 152 cm³/mol. The van der Waals surface area contributed by atoms with Crippen molar-refractivity contribution in [3.63, 3.8) is 0 Å². The molecule has 2 aromatic heterocycles. The van der Waals surface area contributed by atoms with Crippen LogP contribution in [-0.2, 0) is 14.1 Å². The summed E-state index contributed by atoms with van der Waals surface area (Å²) in [7, 11) is 5.64. The minimum absolute atomic E-state index is 0.0528. The number of phenolic OH excluding ortho intramolecular Hbond substituents is 1. The Morgan fingerprint density at radius 2 is 1.62 bits per heavy atom. The third-order valence-electron chi connectivity index (χ3n) is 7.54. The average molecular weight is 547 g/mol. The molecule has 1 aliphatic heterocycles. The lowest BCUT2D eigenvalue weighted by molar-refractivity contribution is 0.313. The molecule has 3 heterocycles. The molecule has 0 saturated carbocycles. The first kappa shape index (κ1) is 25.2. The topological polar surface area (TPSA) is 71.5 Å². The van der Waals surface area contributed by atoms with Gasteiger partial charge >= 0.3 is 5.69 Å². The van der Waals surface area contributed by atoms with Gasteiger partial charge in [-0.15, -0.1) is 0 Å². The largest absolute Gasteiger partial charge is 0.507 e. The molecule has 0 radical (unpaired) electrons. The SMILES string of the molecule is CN1CCN(c2cc(-c3cc(F)cc(-c4ccc(-n5ccn(C)c5=O)c(Cl)c4)c3O)cc3c2cnn3C)CC1. The monoisotopic (exact) mass is 546 g/mol. The van der Waals surface area contributed by atoms with Gasteiger partial charge in [-0.3, -0.25) is 9.25 Å². The quantitative estimate of drug-likeness (QED) is 0.355. The fourth-order valence-electron chi connectivity index (χ4n) is 5.25. The van der Waals surface area contributed by atoms with Crippen LogP contribution in [0.2, 0.25) is 5.02 Å². The first-order chi connectivity index (χ1) is 18.7. The van der Waals surface area contributed by atoms with Gasteiger partial charge in [-0.1, -0.05) is 17.7 Å². The number of imidazole rings is 1. The Hall–Kier alpha value is -4.08. The van der Waals surface area contributed by atoms with Crippen LogP contribution in [-0.4, -0.2) is 62.1 Å². The molecular weight excluding hydrogens is 519 g/mol. The lowest BCUT2D eigenvalue weighted by atomic mass is 9.95. The number of aryl methyl sites for hydroxylation is 2. The van der Waals surface area contributed by atoms with Crippen molar-refractivity contribution in [2.45, 2.75) is 0 Å². The highest BCUT2D eigenvalue weighted by molar-refractivity contribution is 6.32. The molecule has 6 rings (SSSR count). The van der Waals surface area contributed by atoms with E-state index in [0.29, 0.717) is 33.0 Å². The van der Waals surface area contributed by atoms with Gasteiger partial charge in [-0.25, -0.2) is 9.18 Å². The third kappa shape index (κ3) is 4.37. The number of benzene rings is 3. The van der Waals surface area contributed by atoms with Crippen LogP contribution >= 0.6 is 11.6 Å². The van der Waals surface area contributed by atoms with E-state index in [2.05, 4.69) is 21.9 Å². The number of halogens is 2. The van der Waals surface area contributed by atoms with Crippen molar-refractivity contribution in [3.8, 4) is 33.7 Å². The van der Waals surface area contributed by atoms with E-state index >= 15 is 4.39 Å². The molecule has 39 heavy (non-hydrogen) atoms. The van der Waals surface area contributed by atoms with Crippen LogP contribution in [0.3, 0.4) is 0 Å². The number of phenols is 1. The van der Waals surface area contributed by atoms with Gasteiger partial charge in [-0.05, 0) is 54.6 Å². The Balaban J connectivity index is 1.47. The van der Waals surface area contributed by atoms with Crippen molar-refractivity contribution in [2.24, 2.45) is 14.1 Å². The van der Waals surface area contributed by atoms with Gasteiger partial charge in [0.25, 0.3) is 0 Å². The molecule has 0 spiro atoms. The zero-order chi connectivity index (χ0) is 27.4. The van der Waals surface area contributed by atoms with Gasteiger partial charge < -0.3 is 19.5 Å². The molecule has 0 amide bonds. The maximum atomic E-state index is 15.1. The first-order valence-electron chi connectivity index (χ1n) is 12.7. The predicted octanol–water partition coefficient (Wildman–Crippen LogP) is 4.65. The summed E-state index contributed by atoms with van der Waals surface area (Å²) in [5.41, 5.74) is 4.08. The number of likely N-dealkylation sites (N-methyl/N-ethyl adjacent to an activating group) is 1. The van der Waals surface area contributed by atoms with Crippen molar-refractivity contribution in [1.82, 2.24) is 23.8 Å². The second-order valence-electron chi connectivity index (χ2n) is 10.1. The summed E-state index contributed by atoms with van der Waals surface area (Å²) in [6, 6.07) is 11.6. The highest BCUT2D eigenvalue weighted by Gasteiger charge is 2.22. The summed E-state index contributed by atoms with van der Waals surface area (Å²) in [6.07, 6.45) is 5.13. The van der Waals surface area contributed by atoms with Crippen LogP contribution in [0, 0.1) is 5.82 Å². The van der Waals surface area contributed by atoms with Crippen molar-refractivity contribution in [1.29, 1.82) is 0 Å². The second-order valence-corrected chi connectivity index (χ2v) is 10.5.